The number of hydrogen-bond donors (Lipinski definition) is 2. The predicted molar refractivity (Wildman–Crippen MR) is 77.9 cm³/mol. The van der Waals surface area contributed by atoms with Crippen molar-refractivity contribution in [3.8, 4) is 0 Å². The molecule has 0 fully saturated rings. The number of nitrogens with one attached hydrogen (secondary N) is 2. The number of anilines is 2. The van der Waals surface area contributed by atoms with Crippen LogP contribution in [0.25, 0.3) is 0 Å². The van der Waals surface area contributed by atoms with Gasteiger partial charge in [0.25, 0.3) is 5.91 Å². The standard InChI is InChI=1S/C14H11ClFN3O2/c1-8(20)18-12-7-10(15)2-3-11(12)19-14(21)9-4-5-17-13(16)6-9/h2-7H,1H3,(H,18,20)(H,19,21). The molecule has 0 saturated heterocycles. The highest BCUT2D eigenvalue weighted by atomic mass is 35.5. The number of aromatic nitrogens is 1. The molecule has 2 N–H and O–H groups in total. The molecule has 2 amide bonds. The number of pyridine rings is 1. The fourth-order valence-corrected chi connectivity index (χ4v) is 1.83. The molecule has 1 heterocycles. The Bertz CT molecular complexity index is 706. The lowest BCUT2D eigenvalue weighted by atomic mass is 10.2. The number of rotatable bonds is 3. The fraction of sp³-hybridized carbons (Fsp3) is 0.0714. The van der Waals surface area contributed by atoms with Crippen LogP contribution in [0.4, 0.5) is 15.8 Å². The van der Waals surface area contributed by atoms with Gasteiger partial charge in [0.15, 0.2) is 0 Å². The molecule has 1 aromatic heterocycles. The van der Waals surface area contributed by atoms with Crippen LogP contribution in [0.5, 0.6) is 0 Å². The number of amides is 2. The average molecular weight is 308 g/mol. The van der Waals surface area contributed by atoms with E-state index in [4.69, 9.17) is 11.6 Å². The van der Waals surface area contributed by atoms with Crippen molar-refractivity contribution in [2.75, 3.05) is 10.6 Å². The van der Waals surface area contributed by atoms with E-state index in [1.54, 1.807) is 12.1 Å². The molecule has 1 aromatic carbocycles. The maximum Gasteiger partial charge on any atom is 0.255 e. The van der Waals surface area contributed by atoms with Crippen molar-refractivity contribution >= 4 is 34.8 Å². The van der Waals surface area contributed by atoms with Gasteiger partial charge in [0.05, 0.1) is 11.4 Å². The highest BCUT2D eigenvalue weighted by molar-refractivity contribution is 6.31. The number of nitrogens with zero attached hydrogens (tertiary/aromatic N) is 1. The fourth-order valence-electron chi connectivity index (χ4n) is 1.66. The van der Waals surface area contributed by atoms with Crippen molar-refractivity contribution in [1.82, 2.24) is 4.98 Å². The van der Waals surface area contributed by atoms with Gasteiger partial charge < -0.3 is 10.6 Å². The zero-order valence-electron chi connectivity index (χ0n) is 11.0. The van der Waals surface area contributed by atoms with Gasteiger partial charge in [-0.1, -0.05) is 11.6 Å². The average Bonchev–Trinajstić information content (AvgIpc) is 2.41. The minimum absolute atomic E-state index is 0.117. The lowest BCUT2D eigenvalue weighted by molar-refractivity contribution is -0.114. The van der Waals surface area contributed by atoms with Crippen LogP contribution < -0.4 is 10.6 Å². The molecular weight excluding hydrogens is 297 g/mol. The van der Waals surface area contributed by atoms with Crippen LogP contribution in [-0.2, 0) is 4.79 Å². The summed E-state index contributed by atoms with van der Waals surface area (Å²) in [5.74, 6) is -1.58. The summed E-state index contributed by atoms with van der Waals surface area (Å²) in [6.07, 6.45) is 1.20. The summed E-state index contributed by atoms with van der Waals surface area (Å²) in [5, 5.41) is 5.55. The third-order valence-corrected chi connectivity index (χ3v) is 2.76. The lowest BCUT2D eigenvalue weighted by Crippen LogP contribution is -2.15. The molecule has 0 aliphatic heterocycles. The summed E-state index contributed by atoms with van der Waals surface area (Å²) in [6.45, 7) is 1.34. The van der Waals surface area contributed by atoms with Crippen molar-refractivity contribution < 1.29 is 14.0 Å². The van der Waals surface area contributed by atoms with Crippen LogP contribution in [0.3, 0.4) is 0 Å². The van der Waals surface area contributed by atoms with Gasteiger partial charge in [0, 0.05) is 29.8 Å². The molecule has 7 heteroatoms. The summed E-state index contributed by atoms with van der Waals surface area (Å²) < 4.78 is 13.0. The first-order valence-electron chi connectivity index (χ1n) is 5.96. The highest BCUT2D eigenvalue weighted by Crippen LogP contribution is 2.26. The summed E-state index contributed by atoms with van der Waals surface area (Å²) in [5.41, 5.74) is 0.834. The van der Waals surface area contributed by atoms with Gasteiger partial charge >= 0.3 is 0 Å². The van der Waals surface area contributed by atoms with E-state index in [2.05, 4.69) is 15.6 Å². The molecule has 0 atom stereocenters. The van der Waals surface area contributed by atoms with Gasteiger partial charge in [0.1, 0.15) is 0 Å². The second-order valence-electron chi connectivity index (χ2n) is 4.19. The third kappa shape index (κ3) is 4.00. The van der Waals surface area contributed by atoms with Crippen molar-refractivity contribution in [2.24, 2.45) is 0 Å². The van der Waals surface area contributed by atoms with Crippen molar-refractivity contribution in [1.29, 1.82) is 0 Å². The number of hydrogen-bond acceptors (Lipinski definition) is 3. The second kappa shape index (κ2) is 6.32. The van der Waals surface area contributed by atoms with E-state index in [-0.39, 0.29) is 11.5 Å². The quantitative estimate of drug-likeness (QED) is 0.856. The van der Waals surface area contributed by atoms with E-state index in [0.29, 0.717) is 16.4 Å². The number of benzene rings is 1. The molecule has 0 unspecified atom stereocenters. The van der Waals surface area contributed by atoms with Crippen LogP contribution in [0.1, 0.15) is 17.3 Å². The van der Waals surface area contributed by atoms with Gasteiger partial charge in [-0.2, -0.15) is 4.39 Å². The first-order valence-corrected chi connectivity index (χ1v) is 6.33. The van der Waals surface area contributed by atoms with Crippen molar-refractivity contribution in [2.45, 2.75) is 6.92 Å². The number of carbonyl (C=O) groups excluding carboxylic acids is 2. The van der Waals surface area contributed by atoms with E-state index in [1.165, 1.54) is 25.3 Å². The number of halogens is 2. The minimum Gasteiger partial charge on any atom is -0.324 e. The van der Waals surface area contributed by atoms with E-state index >= 15 is 0 Å². The Labute approximate surface area is 125 Å². The predicted octanol–water partition coefficient (Wildman–Crippen LogP) is 3.08. The van der Waals surface area contributed by atoms with Gasteiger partial charge in [-0.3, -0.25) is 9.59 Å². The van der Waals surface area contributed by atoms with Crippen LogP contribution in [0.15, 0.2) is 36.5 Å². The number of carbonyl (C=O) groups is 2. The molecule has 0 radical (unpaired) electrons. The molecule has 0 saturated carbocycles. The Balaban J connectivity index is 2.26. The Morgan fingerprint density at radius 3 is 2.57 bits per heavy atom. The molecule has 0 spiro atoms. The summed E-state index contributed by atoms with van der Waals surface area (Å²) >= 11 is 5.85. The molecule has 5 nitrogen and oxygen atoms in total. The Hall–Kier alpha value is -2.47. The highest BCUT2D eigenvalue weighted by Gasteiger charge is 2.11. The first-order chi connectivity index (χ1) is 9.95. The summed E-state index contributed by atoms with van der Waals surface area (Å²) in [7, 11) is 0. The third-order valence-electron chi connectivity index (χ3n) is 2.53. The Kier molecular flexibility index (Phi) is 4.49. The molecule has 108 valence electrons. The zero-order valence-corrected chi connectivity index (χ0v) is 11.7. The second-order valence-corrected chi connectivity index (χ2v) is 4.63. The lowest BCUT2D eigenvalue weighted by Gasteiger charge is -2.12. The maximum absolute atomic E-state index is 13.0. The topological polar surface area (TPSA) is 71.1 Å². The van der Waals surface area contributed by atoms with Crippen LogP contribution in [0, 0.1) is 5.95 Å². The smallest absolute Gasteiger partial charge is 0.255 e. The SMILES string of the molecule is CC(=O)Nc1cc(Cl)ccc1NC(=O)c1ccnc(F)c1. The minimum atomic E-state index is -0.749. The molecular formula is C14H11ClFN3O2. The molecule has 2 aromatic rings. The molecule has 0 aliphatic carbocycles. The first kappa shape index (κ1) is 14.9. The summed E-state index contributed by atoms with van der Waals surface area (Å²) in [6, 6.07) is 7.01. The van der Waals surface area contributed by atoms with Gasteiger partial charge in [0.2, 0.25) is 11.9 Å². The van der Waals surface area contributed by atoms with E-state index in [9.17, 15) is 14.0 Å². The molecule has 2 rings (SSSR count). The van der Waals surface area contributed by atoms with Gasteiger partial charge in [-0.25, -0.2) is 4.98 Å². The van der Waals surface area contributed by atoms with E-state index < -0.39 is 11.9 Å². The Morgan fingerprint density at radius 1 is 1.14 bits per heavy atom. The normalized spacial score (nSPS) is 10.0. The maximum atomic E-state index is 13.0. The molecule has 0 aliphatic rings. The monoisotopic (exact) mass is 307 g/mol. The van der Waals surface area contributed by atoms with Crippen molar-refractivity contribution in [3.63, 3.8) is 0 Å². The van der Waals surface area contributed by atoms with Crippen LogP contribution in [-0.4, -0.2) is 16.8 Å². The van der Waals surface area contributed by atoms with Crippen LogP contribution >= 0.6 is 11.6 Å². The largest absolute Gasteiger partial charge is 0.324 e. The molecule has 0 bridgehead atoms. The summed E-state index contributed by atoms with van der Waals surface area (Å²) in [4.78, 5) is 26.6. The zero-order chi connectivity index (χ0) is 15.4. The van der Waals surface area contributed by atoms with Crippen molar-refractivity contribution in [3.05, 3.63) is 53.1 Å². The van der Waals surface area contributed by atoms with E-state index in [1.807, 2.05) is 0 Å². The van der Waals surface area contributed by atoms with E-state index in [0.717, 1.165) is 6.07 Å². The van der Waals surface area contributed by atoms with Crippen LogP contribution in [0.2, 0.25) is 5.02 Å². The van der Waals surface area contributed by atoms with Gasteiger partial charge in [-0.15, -0.1) is 0 Å². The molecule has 21 heavy (non-hydrogen) atoms. The van der Waals surface area contributed by atoms with Gasteiger partial charge in [-0.05, 0) is 24.3 Å². The Morgan fingerprint density at radius 2 is 1.90 bits per heavy atom.